The van der Waals surface area contributed by atoms with Crippen LogP contribution in [0.4, 0.5) is 23.3 Å². The lowest BCUT2D eigenvalue weighted by atomic mass is 10.2. The van der Waals surface area contributed by atoms with Gasteiger partial charge in [0.1, 0.15) is 18.6 Å². The molecule has 0 N–H and O–H groups in total. The molecule has 1 aromatic carbocycles. The first-order chi connectivity index (χ1) is 16.6. The average molecular weight is 461 g/mol. The maximum absolute atomic E-state index is 11.0. The first-order valence-corrected chi connectivity index (χ1v) is 11.0. The molecule has 3 aromatic rings. The second kappa shape index (κ2) is 9.22. The summed E-state index contributed by atoms with van der Waals surface area (Å²) in [6.45, 7) is 5.29. The van der Waals surface area contributed by atoms with Gasteiger partial charge < -0.3 is 29.6 Å². The van der Waals surface area contributed by atoms with E-state index in [1.54, 1.807) is 10.8 Å². The molecule has 2 aromatic heterocycles. The fourth-order valence-electron chi connectivity index (χ4n) is 4.14. The van der Waals surface area contributed by atoms with Crippen molar-refractivity contribution in [3.8, 4) is 12.1 Å². The minimum absolute atomic E-state index is 0.215. The Morgan fingerprint density at radius 3 is 2.41 bits per heavy atom. The molecule has 0 atom stereocenters. The lowest BCUT2D eigenvalue weighted by molar-refractivity contribution is -0.389. The third-order valence-corrected chi connectivity index (χ3v) is 5.99. The van der Waals surface area contributed by atoms with Crippen LogP contribution in [-0.2, 0) is 6.54 Å². The van der Waals surface area contributed by atoms with Gasteiger partial charge in [0.15, 0.2) is 0 Å². The van der Waals surface area contributed by atoms with Gasteiger partial charge in [0.2, 0.25) is 5.95 Å². The van der Waals surface area contributed by atoms with E-state index in [1.807, 2.05) is 30.3 Å². The van der Waals surface area contributed by atoms with E-state index in [2.05, 4.69) is 30.7 Å². The highest BCUT2D eigenvalue weighted by atomic mass is 16.6. The zero-order valence-corrected chi connectivity index (χ0v) is 18.4. The largest absolute Gasteiger partial charge is 0.444 e. The summed E-state index contributed by atoms with van der Waals surface area (Å²) in [5.41, 5.74) is 1.76. The van der Waals surface area contributed by atoms with Crippen LogP contribution in [0, 0.1) is 21.4 Å². The van der Waals surface area contributed by atoms with Crippen molar-refractivity contribution in [2.24, 2.45) is 0 Å². The highest BCUT2D eigenvalue weighted by Gasteiger charge is 2.24. The number of hydrogen-bond donors (Lipinski definition) is 0. The number of nitrogens with zero attached hydrogens (tertiary/aromatic N) is 9. The highest BCUT2D eigenvalue weighted by Crippen LogP contribution is 2.23. The van der Waals surface area contributed by atoms with Gasteiger partial charge in [-0.25, -0.2) is 4.98 Å². The molecule has 0 saturated carbocycles. The molecule has 0 amide bonds. The van der Waals surface area contributed by atoms with Gasteiger partial charge in [-0.15, -0.1) is 0 Å². The standard InChI is InChI=1S/C22H23N9O3/c23-15-17-1-3-18(4-2-17)27-7-10-29(11-8-27)21-24-6-5-19(25-21)28-9-12-30-16-20(31(32)33)26-22(30)34-14-13-28/h1-6,16H,7-14H2. The van der Waals surface area contributed by atoms with E-state index in [1.165, 1.54) is 6.20 Å². The van der Waals surface area contributed by atoms with Crippen molar-refractivity contribution in [2.75, 3.05) is 60.6 Å². The van der Waals surface area contributed by atoms with Crippen LogP contribution in [-0.4, -0.2) is 70.3 Å². The Morgan fingerprint density at radius 1 is 0.941 bits per heavy atom. The van der Waals surface area contributed by atoms with Crippen LogP contribution in [0.5, 0.6) is 6.01 Å². The summed E-state index contributed by atoms with van der Waals surface area (Å²) in [6.07, 6.45) is 3.16. The molecule has 12 heteroatoms. The third-order valence-electron chi connectivity index (χ3n) is 5.99. The van der Waals surface area contributed by atoms with Crippen molar-refractivity contribution in [1.29, 1.82) is 5.26 Å². The van der Waals surface area contributed by atoms with Gasteiger partial charge >= 0.3 is 11.8 Å². The van der Waals surface area contributed by atoms with Crippen LogP contribution in [0.1, 0.15) is 5.56 Å². The smallest absolute Gasteiger partial charge is 0.414 e. The van der Waals surface area contributed by atoms with Gasteiger partial charge in [-0.05, 0) is 35.3 Å². The van der Waals surface area contributed by atoms with E-state index in [-0.39, 0.29) is 11.8 Å². The van der Waals surface area contributed by atoms with Gasteiger partial charge in [0.05, 0.1) is 18.2 Å². The zero-order valence-electron chi connectivity index (χ0n) is 18.4. The normalized spacial score (nSPS) is 16.1. The lowest BCUT2D eigenvalue weighted by Gasteiger charge is -2.36. The number of hydrogen-bond acceptors (Lipinski definition) is 10. The third kappa shape index (κ3) is 4.40. The quantitative estimate of drug-likeness (QED) is 0.418. The number of anilines is 3. The topological polar surface area (TPSA) is 129 Å². The monoisotopic (exact) mass is 461 g/mol. The Kier molecular flexibility index (Phi) is 5.82. The van der Waals surface area contributed by atoms with Crippen LogP contribution in [0.15, 0.2) is 42.7 Å². The van der Waals surface area contributed by atoms with Gasteiger partial charge in [0, 0.05) is 56.1 Å². The number of piperazine rings is 1. The summed E-state index contributed by atoms with van der Waals surface area (Å²) in [6, 6.07) is 11.9. The van der Waals surface area contributed by atoms with Crippen molar-refractivity contribution in [3.05, 3.63) is 58.4 Å². The molecule has 2 aliphatic rings. The SMILES string of the molecule is N#Cc1ccc(N2CCN(c3nccc(N4CCOc5nc([N+](=O)[O-])cn5CC4)n3)CC2)cc1. The number of imidazole rings is 1. The molecule has 34 heavy (non-hydrogen) atoms. The van der Waals surface area contributed by atoms with Gasteiger partial charge in [-0.2, -0.15) is 10.2 Å². The Bertz CT molecular complexity index is 1210. The number of ether oxygens (including phenoxy) is 1. The number of rotatable bonds is 4. The van der Waals surface area contributed by atoms with E-state index in [0.29, 0.717) is 37.8 Å². The van der Waals surface area contributed by atoms with E-state index >= 15 is 0 Å². The number of aromatic nitrogens is 4. The average Bonchev–Trinajstić information content (AvgIpc) is 3.27. The summed E-state index contributed by atoms with van der Waals surface area (Å²) in [5, 5.41) is 20.0. The number of benzene rings is 1. The molecule has 0 bridgehead atoms. The zero-order chi connectivity index (χ0) is 23.5. The summed E-state index contributed by atoms with van der Waals surface area (Å²) < 4.78 is 7.32. The molecular formula is C22H23N9O3. The predicted molar refractivity (Wildman–Crippen MR) is 124 cm³/mol. The summed E-state index contributed by atoms with van der Waals surface area (Å²) >= 11 is 0. The summed E-state index contributed by atoms with van der Waals surface area (Å²) in [5.74, 6) is 1.26. The van der Waals surface area contributed by atoms with Crippen LogP contribution >= 0.6 is 0 Å². The van der Waals surface area contributed by atoms with Crippen LogP contribution in [0.3, 0.4) is 0 Å². The van der Waals surface area contributed by atoms with Crippen molar-refractivity contribution in [3.63, 3.8) is 0 Å². The van der Waals surface area contributed by atoms with Crippen LogP contribution < -0.4 is 19.4 Å². The fourth-order valence-corrected chi connectivity index (χ4v) is 4.14. The first kappa shape index (κ1) is 21.4. The van der Waals surface area contributed by atoms with Gasteiger partial charge in [-0.3, -0.25) is 4.57 Å². The molecule has 1 saturated heterocycles. The Labute approximate surface area is 195 Å². The van der Waals surface area contributed by atoms with Crippen molar-refractivity contribution >= 4 is 23.3 Å². The maximum Gasteiger partial charge on any atom is 0.414 e. The molecule has 1 fully saturated rings. The Morgan fingerprint density at radius 2 is 1.68 bits per heavy atom. The summed E-state index contributed by atoms with van der Waals surface area (Å²) in [4.78, 5) is 30.3. The van der Waals surface area contributed by atoms with E-state index in [4.69, 9.17) is 15.0 Å². The Balaban J connectivity index is 1.24. The first-order valence-electron chi connectivity index (χ1n) is 11.0. The fraction of sp³-hybridized carbons (Fsp3) is 0.364. The van der Waals surface area contributed by atoms with Gasteiger partial charge in [-0.1, -0.05) is 0 Å². The highest BCUT2D eigenvalue weighted by molar-refractivity contribution is 5.52. The molecule has 12 nitrogen and oxygen atoms in total. The second-order valence-electron chi connectivity index (χ2n) is 8.02. The molecule has 174 valence electrons. The number of nitriles is 1. The van der Waals surface area contributed by atoms with Crippen molar-refractivity contribution < 1.29 is 9.66 Å². The van der Waals surface area contributed by atoms with Crippen molar-refractivity contribution in [2.45, 2.75) is 6.54 Å². The molecule has 2 aliphatic heterocycles. The molecule has 5 rings (SSSR count). The number of nitro groups is 1. The predicted octanol–water partition coefficient (Wildman–Crippen LogP) is 1.68. The molecule has 0 radical (unpaired) electrons. The minimum Gasteiger partial charge on any atom is -0.444 e. The summed E-state index contributed by atoms with van der Waals surface area (Å²) in [7, 11) is 0. The Hall–Kier alpha value is -4.40. The molecule has 0 spiro atoms. The molecule has 0 aliphatic carbocycles. The number of fused-ring (bicyclic) bond motifs is 1. The van der Waals surface area contributed by atoms with Crippen molar-refractivity contribution in [1.82, 2.24) is 19.5 Å². The second-order valence-corrected chi connectivity index (χ2v) is 8.02. The van der Waals surface area contributed by atoms with E-state index < -0.39 is 4.92 Å². The molecule has 4 heterocycles. The maximum atomic E-state index is 11.0. The van der Waals surface area contributed by atoms with Crippen LogP contribution in [0.25, 0.3) is 0 Å². The lowest BCUT2D eigenvalue weighted by Crippen LogP contribution is -2.47. The minimum atomic E-state index is -0.517. The van der Waals surface area contributed by atoms with E-state index in [9.17, 15) is 10.1 Å². The molecular weight excluding hydrogens is 438 g/mol. The van der Waals surface area contributed by atoms with Gasteiger partial charge in [0.25, 0.3) is 0 Å². The molecule has 0 unspecified atom stereocenters. The van der Waals surface area contributed by atoms with E-state index in [0.717, 1.165) is 37.7 Å². The van der Waals surface area contributed by atoms with Crippen LogP contribution in [0.2, 0.25) is 0 Å².